The van der Waals surface area contributed by atoms with Crippen LogP contribution in [0.25, 0.3) is 0 Å². The highest BCUT2D eigenvalue weighted by atomic mass is 16.4. The Balaban J connectivity index is 2.26. The molecule has 1 N–H and O–H groups in total. The highest BCUT2D eigenvalue weighted by Gasteiger charge is 2.32. The van der Waals surface area contributed by atoms with Crippen molar-refractivity contribution < 1.29 is 9.90 Å². The molecule has 1 aliphatic rings. The molecule has 0 radical (unpaired) electrons. The molecule has 6 nitrogen and oxygen atoms in total. The molecule has 0 unspecified atom stereocenters. The summed E-state index contributed by atoms with van der Waals surface area (Å²) in [5.41, 5.74) is 1.81. The van der Waals surface area contributed by atoms with Crippen molar-refractivity contribution in [2.75, 3.05) is 11.4 Å². The van der Waals surface area contributed by atoms with Crippen molar-refractivity contribution in [2.45, 2.75) is 45.6 Å². The van der Waals surface area contributed by atoms with E-state index < -0.39 is 5.97 Å². The van der Waals surface area contributed by atoms with Crippen molar-refractivity contribution in [2.24, 2.45) is 0 Å². The molecule has 1 fully saturated rings. The minimum absolute atomic E-state index is 0.0546. The normalized spacial score (nSPS) is 14.6. The van der Waals surface area contributed by atoms with Crippen molar-refractivity contribution >= 4 is 11.9 Å². The zero-order chi connectivity index (χ0) is 13.1. The monoisotopic (exact) mass is 250 g/mol. The minimum atomic E-state index is -0.858. The second-order valence-corrected chi connectivity index (χ2v) is 4.47. The Bertz CT molecular complexity index is 446. The van der Waals surface area contributed by atoms with E-state index in [-0.39, 0.29) is 12.6 Å². The fourth-order valence-corrected chi connectivity index (χ4v) is 1.94. The highest BCUT2D eigenvalue weighted by molar-refractivity contribution is 5.73. The lowest BCUT2D eigenvalue weighted by molar-refractivity contribution is -0.135. The molecular formula is C12H18N4O2. The van der Waals surface area contributed by atoms with Crippen molar-refractivity contribution in [3.05, 3.63) is 11.4 Å². The standard InChI is InChI=1S/C12H18N4O2/c1-3-9-10(4-2)14-15-12(13-9)16(7-11(17)18)8-5-6-8/h8H,3-7H2,1-2H3,(H,17,18). The number of hydrogen-bond acceptors (Lipinski definition) is 5. The van der Waals surface area contributed by atoms with Crippen LogP contribution in [-0.2, 0) is 17.6 Å². The van der Waals surface area contributed by atoms with Crippen LogP contribution in [0.1, 0.15) is 38.1 Å². The molecule has 0 amide bonds. The lowest BCUT2D eigenvalue weighted by Crippen LogP contribution is -2.33. The predicted molar refractivity (Wildman–Crippen MR) is 66.6 cm³/mol. The second kappa shape index (κ2) is 5.29. The van der Waals surface area contributed by atoms with Crippen molar-refractivity contribution in [1.82, 2.24) is 15.2 Å². The van der Waals surface area contributed by atoms with Gasteiger partial charge in [0, 0.05) is 6.04 Å². The quantitative estimate of drug-likeness (QED) is 0.813. The van der Waals surface area contributed by atoms with Crippen LogP contribution in [0.3, 0.4) is 0 Å². The molecule has 0 atom stereocenters. The van der Waals surface area contributed by atoms with Crippen molar-refractivity contribution in [3.63, 3.8) is 0 Å². The fraction of sp³-hybridized carbons (Fsp3) is 0.667. The predicted octanol–water partition coefficient (Wildman–Crippen LogP) is 1.05. The largest absolute Gasteiger partial charge is 0.480 e. The van der Waals surface area contributed by atoms with E-state index in [1.807, 2.05) is 13.8 Å². The number of nitrogens with zero attached hydrogens (tertiary/aromatic N) is 4. The van der Waals surface area contributed by atoms with Gasteiger partial charge in [-0.1, -0.05) is 13.8 Å². The maximum Gasteiger partial charge on any atom is 0.323 e. The van der Waals surface area contributed by atoms with Gasteiger partial charge >= 0.3 is 5.97 Å². The maximum absolute atomic E-state index is 10.9. The summed E-state index contributed by atoms with van der Waals surface area (Å²) in [6, 6.07) is 0.264. The van der Waals surface area contributed by atoms with Crippen LogP contribution in [0.4, 0.5) is 5.95 Å². The van der Waals surface area contributed by atoms with Crippen LogP contribution in [0, 0.1) is 0 Å². The molecule has 0 spiro atoms. The summed E-state index contributed by atoms with van der Waals surface area (Å²) >= 11 is 0. The van der Waals surface area contributed by atoms with Gasteiger partial charge in [-0.15, -0.1) is 5.10 Å². The van der Waals surface area contributed by atoms with Gasteiger partial charge in [-0.05, 0) is 25.7 Å². The van der Waals surface area contributed by atoms with Crippen LogP contribution in [-0.4, -0.2) is 38.8 Å². The van der Waals surface area contributed by atoms with E-state index in [0.29, 0.717) is 5.95 Å². The molecule has 2 rings (SSSR count). The molecule has 0 bridgehead atoms. The summed E-state index contributed by atoms with van der Waals surface area (Å²) in [6.07, 6.45) is 3.60. The number of carboxylic acid groups (broad SMARTS) is 1. The molecule has 1 aliphatic carbocycles. The average molecular weight is 250 g/mol. The molecule has 18 heavy (non-hydrogen) atoms. The first-order chi connectivity index (χ1) is 8.65. The summed E-state index contributed by atoms with van der Waals surface area (Å²) in [7, 11) is 0. The highest BCUT2D eigenvalue weighted by Crippen LogP contribution is 2.29. The molecule has 1 heterocycles. The minimum Gasteiger partial charge on any atom is -0.480 e. The Kier molecular flexibility index (Phi) is 3.74. The van der Waals surface area contributed by atoms with E-state index in [0.717, 1.165) is 37.1 Å². The third-order valence-electron chi connectivity index (χ3n) is 3.05. The lowest BCUT2D eigenvalue weighted by Gasteiger charge is -2.20. The zero-order valence-corrected chi connectivity index (χ0v) is 10.8. The maximum atomic E-state index is 10.9. The van der Waals surface area contributed by atoms with Gasteiger partial charge in [0.1, 0.15) is 6.54 Å². The number of carboxylic acids is 1. The van der Waals surface area contributed by atoms with Gasteiger partial charge in [0.05, 0.1) is 11.4 Å². The molecule has 6 heteroatoms. The number of aryl methyl sites for hydroxylation is 2. The smallest absolute Gasteiger partial charge is 0.323 e. The summed E-state index contributed by atoms with van der Waals surface area (Å²) in [5, 5.41) is 17.2. The molecule has 98 valence electrons. The Hall–Kier alpha value is -1.72. The van der Waals surface area contributed by atoms with Gasteiger partial charge in [0.15, 0.2) is 0 Å². The Morgan fingerprint density at radius 1 is 1.28 bits per heavy atom. The average Bonchev–Trinajstić information content (AvgIpc) is 3.19. The molecule has 0 saturated heterocycles. The van der Waals surface area contributed by atoms with Crippen LogP contribution in [0.2, 0.25) is 0 Å². The number of carbonyl (C=O) groups is 1. The Morgan fingerprint density at radius 3 is 2.44 bits per heavy atom. The Morgan fingerprint density at radius 2 is 1.94 bits per heavy atom. The first-order valence-electron chi connectivity index (χ1n) is 6.36. The van der Waals surface area contributed by atoms with E-state index in [2.05, 4.69) is 15.2 Å². The van der Waals surface area contributed by atoms with Gasteiger partial charge in [0.2, 0.25) is 5.95 Å². The van der Waals surface area contributed by atoms with Gasteiger partial charge in [-0.2, -0.15) is 5.10 Å². The number of hydrogen-bond donors (Lipinski definition) is 1. The van der Waals surface area contributed by atoms with Crippen LogP contribution >= 0.6 is 0 Å². The summed E-state index contributed by atoms with van der Waals surface area (Å²) in [6.45, 7) is 3.98. The van der Waals surface area contributed by atoms with E-state index in [9.17, 15) is 4.79 Å². The molecule has 0 aliphatic heterocycles. The Labute approximate surface area is 106 Å². The van der Waals surface area contributed by atoms with Crippen LogP contribution in [0.15, 0.2) is 0 Å². The van der Waals surface area contributed by atoms with Gasteiger partial charge in [0.25, 0.3) is 0 Å². The zero-order valence-electron chi connectivity index (χ0n) is 10.8. The summed E-state index contributed by atoms with van der Waals surface area (Å²) in [5.74, 6) is -0.405. The topological polar surface area (TPSA) is 79.2 Å². The van der Waals surface area contributed by atoms with Crippen molar-refractivity contribution in [1.29, 1.82) is 0 Å². The van der Waals surface area contributed by atoms with Gasteiger partial charge in [-0.3, -0.25) is 4.79 Å². The third kappa shape index (κ3) is 2.75. The van der Waals surface area contributed by atoms with E-state index in [1.54, 1.807) is 4.90 Å². The molecule has 1 saturated carbocycles. The van der Waals surface area contributed by atoms with Crippen LogP contribution < -0.4 is 4.90 Å². The summed E-state index contributed by atoms with van der Waals surface area (Å²) < 4.78 is 0. The number of aromatic nitrogens is 3. The van der Waals surface area contributed by atoms with Crippen LogP contribution in [0.5, 0.6) is 0 Å². The van der Waals surface area contributed by atoms with Crippen molar-refractivity contribution in [3.8, 4) is 0 Å². The lowest BCUT2D eigenvalue weighted by atomic mass is 10.2. The molecule has 0 aromatic carbocycles. The molecule has 1 aromatic heterocycles. The molecular weight excluding hydrogens is 232 g/mol. The third-order valence-corrected chi connectivity index (χ3v) is 3.05. The number of aliphatic carboxylic acids is 1. The molecule has 1 aromatic rings. The van der Waals surface area contributed by atoms with E-state index >= 15 is 0 Å². The second-order valence-electron chi connectivity index (χ2n) is 4.47. The first-order valence-corrected chi connectivity index (χ1v) is 6.36. The SMILES string of the molecule is CCc1nnc(N(CC(=O)O)C2CC2)nc1CC. The first kappa shape index (κ1) is 12.7. The van der Waals surface area contributed by atoms with Gasteiger partial charge in [-0.25, -0.2) is 4.98 Å². The van der Waals surface area contributed by atoms with E-state index in [1.165, 1.54) is 0 Å². The number of rotatable bonds is 6. The summed E-state index contributed by atoms with van der Waals surface area (Å²) in [4.78, 5) is 17.1. The van der Waals surface area contributed by atoms with E-state index in [4.69, 9.17) is 5.11 Å². The fourth-order valence-electron chi connectivity index (χ4n) is 1.94. The van der Waals surface area contributed by atoms with Gasteiger partial charge < -0.3 is 10.0 Å². The number of anilines is 1.